The van der Waals surface area contributed by atoms with Gasteiger partial charge in [0, 0.05) is 17.1 Å². The van der Waals surface area contributed by atoms with Crippen molar-refractivity contribution in [2.45, 2.75) is 6.10 Å². The largest absolute Gasteiger partial charge is 0.484 e. The quantitative estimate of drug-likeness (QED) is 0.765. The summed E-state index contributed by atoms with van der Waals surface area (Å²) in [5, 5.41) is 3.01. The molecule has 0 aliphatic carbocycles. The van der Waals surface area contributed by atoms with Crippen LogP contribution >= 0.6 is 11.6 Å². The maximum absolute atomic E-state index is 6.22. The molecule has 0 heterocycles. The van der Waals surface area contributed by atoms with Crippen LogP contribution in [0.4, 0.5) is 0 Å². The van der Waals surface area contributed by atoms with Crippen molar-refractivity contribution in [3.63, 3.8) is 0 Å². The molecule has 0 bridgehead atoms. The molecule has 0 radical (unpaired) electrons. The van der Waals surface area contributed by atoms with Crippen LogP contribution in [0, 0.1) is 0 Å². The van der Waals surface area contributed by atoms with Crippen molar-refractivity contribution in [3.05, 3.63) is 77.3 Å². The fourth-order valence-corrected chi connectivity index (χ4v) is 2.64. The summed E-state index contributed by atoms with van der Waals surface area (Å²) < 4.78 is 6.03. The summed E-state index contributed by atoms with van der Waals surface area (Å²) in [4.78, 5) is 0. The van der Waals surface area contributed by atoms with Gasteiger partial charge in [-0.25, -0.2) is 0 Å². The second-order valence-electron chi connectivity index (χ2n) is 4.87. The summed E-state index contributed by atoms with van der Waals surface area (Å²) in [5.74, 6) is 0.795. The number of hydrogen-bond donors (Lipinski definition) is 1. The molecule has 0 spiro atoms. The third-order valence-corrected chi connectivity index (χ3v) is 3.81. The van der Waals surface area contributed by atoms with Gasteiger partial charge >= 0.3 is 0 Å². The van der Waals surface area contributed by atoms with Gasteiger partial charge in [-0.15, -0.1) is 0 Å². The average Bonchev–Trinajstić information content (AvgIpc) is 2.53. The van der Waals surface area contributed by atoms with E-state index in [4.69, 9.17) is 22.1 Å². The number of hydrogen-bond acceptors (Lipinski definition) is 2. The molecule has 3 aromatic carbocycles. The van der Waals surface area contributed by atoms with Crippen LogP contribution in [0.25, 0.3) is 10.8 Å². The molecule has 1 atom stereocenters. The Morgan fingerprint density at radius 1 is 0.905 bits per heavy atom. The van der Waals surface area contributed by atoms with Gasteiger partial charge in [-0.3, -0.25) is 0 Å². The lowest BCUT2D eigenvalue weighted by molar-refractivity contribution is 0.214. The highest BCUT2D eigenvalue weighted by molar-refractivity contribution is 6.31. The molecule has 0 aliphatic rings. The summed E-state index contributed by atoms with van der Waals surface area (Å²) in [5.41, 5.74) is 6.76. The number of benzene rings is 3. The first kappa shape index (κ1) is 13.9. The standard InChI is InChI=1S/C18H16ClNO/c19-17-8-4-3-7-16(17)18(12-20)21-15-10-9-13-5-1-2-6-14(13)11-15/h1-11,18H,12,20H2. The van der Waals surface area contributed by atoms with E-state index in [1.54, 1.807) is 0 Å². The Kier molecular flexibility index (Phi) is 4.09. The molecular weight excluding hydrogens is 282 g/mol. The van der Waals surface area contributed by atoms with E-state index in [0.717, 1.165) is 16.7 Å². The zero-order valence-electron chi connectivity index (χ0n) is 11.5. The molecule has 3 aromatic rings. The van der Waals surface area contributed by atoms with E-state index in [2.05, 4.69) is 12.1 Å². The van der Waals surface area contributed by atoms with Gasteiger partial charge in [-0.2, -0.15) is 0 Å². The molecule has 0 saturated heterocycles. The summed E-state index contributed by atoms with van der Waals surface area (Å²) in [6, 6.07) is 21.8. The molecule has 1 unspecified atom stereocenters. The van der Waals surface area contributed by atoms with Crippen LogP contribution in [0.1, 0.15) is 11.7 Å². The van der Waals surface area contributed by atoms with Crippen molar-refractivity contribution in [1.82, 2.24) is 0 Å². The van der Waals surface area contributed by atoms with E-state index in [1.807, 2.05) is 54.6 Å². The summed E-state index contributed by atoms with van der Waals surface area (Å²) in [7, 11) is 0. The number of ether oxygens (including phenoxy) is 1. The molecule has 0 aromatic heterocycles. The predicted octanol–water partition coefficient (Wildman–Crippen LogP) is 4.57. The van der Waals surface area contributed by atoms with Gasteiger partial charge < -0.3 is 10.5 Å². The van der Waals surface area contributed by atoms with Gasteiger partial charge in [-0.05, 0) is 29.0 Å². The normalized spacial score (nSPS) is 12.3. The molecular formula is C18H16ClNO. The lowest BCUT2D eigenvalue weighted by atomic mass is 10.1. The SMILES string of the molecule is NCC(Oc1ccc2ccccc2c1)c1ccccc1Cl. The lowest BCUT2D eigenvalue weighted by Gasteiger charge is -2.19. The molecule has 3 heteroatoms. The fourth-order valence-electron chi connectivity index (χ4n) is 2.38. The Hall–Kier alpha value is -2.03. The molecule has 0 fully saturated rings. The number of rotatable bonds is 4. The van der Waals surface area contributed by atoms with Crippen molar-refractivity contribution in [1.29, 1.82) is 0 Å². The summed E-state index contributed by atoms with van der Waals surface area (Å²) in [6.07, 6.45) is -0.250. The van der Waals surface area contributed by atoms with E-state index in [-0.39, 0.29) is 6.10 Å². The predicted molar refractivity (Wildman–Crippen MR) is 87.8 cm³/mol. The number of halogens is 1. The third-order valence-electron chi connectivity index (χ3n) is 3.47. The van der Waals surface area contributed by atoms with Gasteiger partial charge in [0.2, 0.25) is 0 Å². The minimum absolute atomic E-state index is 0.250. The van der Waals surface area contributed by atoms with Crippen LogP contribution in [0.3, 0.4) is 0 Å². The zero-order valence-corrected chi connectivity index (χ0v) is 12.3. The maximum atomic E-state index is 6.22. The van der Waals surface area contributed by atoms with Gasteiger partial charge in [-0.1, -0.05) is 60.1 Å². The van der Waals surface area contributed by atoms with Crippen LogP contribution < -0.4 is 10.5 Å². The molecule has 0 saturated carbocycles. The monoisotopic (exact) mass is 297 g/mol. The number of fused-ring (bicyclic) bond motifs is 1. The first-order chi connectivity index (χ1) is 10.3. The second kappa shape index (κ2) is 6.17. The Bertz CT molecular complexity index is 757. The van der Waals surface area contributed by atoms with Crippen molar-refractivity contribution < 1.29 is 4.74 Å². The van der Waals surface area contributed by atoms with Crippen LogP contribution in [-0.2, 0) is 0 Å². The average molecular weight is 298 g/mol. The Balaban J connectivity index is 1.90. The van der Waals surface area contributed by atoms with Gasteiger partial charge in [0.05, 0.1) is 0 Å². The van der Waals surface area contributed by atoms with Crippen LogP contribution in [-0.4, -0.2) is 6.54 Å². The highest BCUT2D eigenvalue weighted by Gasteiger charge is 2.14. The van der Waals surface area contributed by atoms with E-state index in [1.165, 1.54) is 5.39 Å². The topological polar surface area (TPSA) is 35.2 Å². The maximum Gasteiger partial charge on any atom is 0.137 e. The number of nitrogens with two attached hydrogens (primary N) is 1. The van der Waals surface area contributed by atoms with Crippen LogP contribution in [0.5, 0.6) is 5.75 Å². The van der Waals surface area contributed by atoms with Crippen molar-refractivity contribution in [2.75, 3.05) is 6.54 Å². The van der Waals surface area contributed by atoms with E-state index in [0.29, 0.717) is 11.6 Å². The molecule has 2 N–H and O–H groups in total. The van der Waals surface area contributed by atoms with Crippen molar-refractivity contribution in [2.24, 2.45) is 5.73 Å². The molecule has 3 rings (SSSR count). The summed E-state index contributed by atoms with van der Waals surface area (Å²) >= 11 is 6.22. The molecule has 0 aliphatic heterocycles. The molecule has 0 amide bonds. The van der Waals surface area contributed by atoms with E-state index in [9.17, 15) is 0 Å². The van der Waals surface area contributed by atoms with E-state index >= 15 is 0 Å². The first-order valence-corrected chi connectivity index (χ1v) is 7.25. The van der Waals surface area contributed by atoms with Crippen molar-refractivity contribution >= 4 is 22.4 Å². The van der Waals surface area contributed by atoms with Crippen LogP contribution in [0.15, 0.2) is 66.7 Å². The summed E-state index contributed by atoms with van der Waals surface area (Å²) in [6.45, 7) is 0.372. The van der Waals surface area contributed by atoms with E-state index < -0.39 is 0 Å². The molecule has 2 nitrogen and oxygen atoms in total. The third kappa shape index (κ3) is 3.02. The Labute approximate surface area is 129 Å². The van der Waals surface area contributed by atoms with Crippen molar-refractivity contribution in [3.8, 4) is 5.75 Å². The highest BCUT2D eigenvalue weighted by atomic mass is 35.5. The van der Waals surface area contributed by atoms with Gasteiger partial charge in [0.1, 0.15) is 11.9 Å². The zero-order chi connectivity index (χ0) is 14.7. The highest BCUT2D eigenvalue weighted by Crippen LogP contribution is 2.28. The van der Waals surface area contributed by atoms with Gasteiger partial charge in [0.25, 0.3) is 0 Å². The second-order valence-corrected chi connectivity index (χ2v) is 5.28. The molecule has 106 valence electrons. The first-order valence-electron chi connectivity index (χ1n) is 6.88. The molecule has 21 heavy (non-hydrogen) atoms. The van der Waals surface area contributed by atoms with Crippen LogP contribution in [0.2, 0.25) is 5.02 Å². The Morgan fingerprint density at radius 2 is 1.62 bits per heavy atom. The lowest BCUT2D eigenvalue weighted by Crippen LogP contribution is -2.18. The van der Waals surface area contributed by atoms with Gasteiger partial charge in [0.15, 0.2) is 0 Å². The minimum atomic E-state index is -0.250. The Morgan fingerprint density at radius 3 is 2.38 bits per heavy atom. The fraction of sp³-hybridized carbons (Fsp3) is 0.111. The smallest absolute Gasteiger partial charge is 0.137 e. The minimum Gasteiger partial charge on any atom is -0.484 e.